The van der Waals surface area contributed by atoms with Gasteiger partial charge in [-0.25, -0.2) is 9.18 Å². The van der Waals surface area contributed by atoms with Crippen molar-refractivity contribution in [2.24, 2.45) is 0 Å². The summed E-state index contributed by atoms with van der Waals surface area (Å²) in [7, 11) is 0. The minimum atomic E-state index is -0.165. The number of aromatic nitrogens is 2. The Labute approximate surface area is 224 Å². The molecule has 7 rings (SSSR count). The molecule has 6 nitrogen and oxygen atoms in total. The van der Waals surface area contributed by atoms with Gasteiger partial charge in [-0.3, -0.25) is 9.58 Å². The van der Waals surface area contributed by atoms with Crippen molar-refractivity contribution in [1.29, 1.82) is 0 Å². The summed E-state index contributed by atoms with van der Waals surface area (Å²) in [4.78, 5) is 20.5. The zero-order valence-corrected chi connectivity index (χ0v) is 22.3. The Morgan fingerprint density at radius 1 is 0.947 bits per heavy atom. The SMILES string of the molecule is Cc1cccc(F)c1N1CCC(N2C(=O)N(Cc3ccccc3C3CC3)c3cn(C4CC4)nc3[C@H]2C)CC1. The standard InChI is InChI=1S/C31H36FN5O/c1-20-6-5-9-27(32)30(20)34-16-14-25(15-17-34)37-21(2)29-28(19-36(33-29)24-12-13-24)35(31(37)38)18-23-7-3-4-8-26(23)22-10-11-22/h3-9,19,21-22,24-25H,10-18H2,1-2H3/t21-/m1/s1. The van der Waals surface area contributed by atoms with Crippen molar-refractivity contribution in [3.63, 3.8) is 0 Å². The van der Waals surface area contributed by atoms with Gasteiger partial charge in [0, 0.05) is 25.3 Å². The number of hydrogen-bond acceptors (Lipinski definition) is 3. The Balaban J connectivity index is 1.18. The maximum atomic E-state index is 14.7. The second-order valence-electron chi connectivity index (χ2n) is 11.7. The lowest BCUT2D eigenvalue weighted by molar-refractivity contribution is 0.134. The molecule has 38 heavy (non-hydrogen) atoms. The fraction of sp³-hybridized carbons (Fsp3) is 0.484. The third-order valence-corrected chi connectivity index (χ3v) is 8.98. The van der Waals surface area contributed by atoms with E-state index >= 15 is 0 Å². The Hall–Kier alpha value is -3.35. The van der Waals surface area contributed by atoms with E-state index in [0.717, 1.165) is 55.7 Å². The molecule has 0 N–H and O–H groups in total. The first-order chi connectivity index (χ1) is 18.5. The summed E-state index contributed by atoms with van der Waals surface area (Å²) < 4.78 is 16.8. The Morgan fingerprint density at radius 3 is 2.42 bits per heavy atom. The molecule has 198 valence electrons. The fourth-order valence-corrected chi connectivity index (χ4v) is 6.63. The number of aryl methyl sites for hydroxylation is 1. The number of hydrogen-bond donors (Lipinski definition) is 0. The molecule has 1 saturated heterocycles. The molecule has 2 saturated carbocycles. The highest BCUT2D eigenvalue weighted by molar-refractivity contribution is 5.95. The molecule has 0 bridgehead atoms. The van der Waals surface area contributed by atoms with Crippen LogP contribution in [-0.2, 0) is 6.54 Å². The smallest absolute Gasteiger partial charge is 0.325 e. The molecule has 2 amide bonds. The number of piperidine rings is 1. The van der Waals surface area contributed by atoms with E-state index in [0.29, 0.717) is 24.2 Å². The van der Waals surface area contributed by atoms with E-state index in [1.165, 1.54) is 24.0 Å². The summed E-state index contributed by atoms with van der Waals surface area (Å²) >= 11 is 0. The number of para-hydroxylation sites is 1. The van der Waals surface area contributed by atoms with Gasteiger partial charge in [0.15, 0.2) is 0 Å². The third-order valence-electron chi connectivity index (χ3n) is 8.98. The number of rotatable bonds is 6. The highest BCUT2D eigenvalue weighted by atomic mass is 19.1. The van der Waals surface area contributed by atoms with Gasteiger partial charge in [0.1, 0.15) is 11.5 Å². The van der Waals surface area contributed by atoms with Gasteiger partial charge >= 0.3 is 6.03 Å². The van der Waals surface area contributed by atoms with Gasteiger partial charge in [-0.1, -0.05) is 36.4 Å². The molecule has 3 heterocycles. The van der Waals surface area contributed by atoms with Gasteiger partial charge in [0.25, 0.3) is 0 Å². The predicted octanol–water partition coefficient (Wildman–Crippen LogP) is 6.72. The number of benzene rings is 2. The molecular formula is C31H36FN5O. The van der Waals surface area contributed by atoms with Crippen LogP contribution >= 0.6 is 0 Å². The summed E-state index contributed by atoms with van der Waals surface area (Å²) in [5, 5.41) is 5.04. The molecule has 2 aliphatic carbocycles. The van der Waals surface area contributed by atoms with Crippen LogP contribution in [0.15, 0.2) is 48.7 Å². The van der Waals surface area contributed by atoms with Crippen molar-refractivity contribution >= 4 is 17.4 Å². The lowest BCUT2D eigenvalue weighted by Gasteiger charge is -2.46. The van der Waals surface area contributed by atoms with E-state index in [-0.39, 0.29) is 23.9 Å². The number of halogens is 1. The molecule has 2 aromatic carbocycles. The second kappa shape index (κ2) is 9.14. The van der Waals surface area contributed by atoms with Crippen LogP contribution in [0.5, 0.6) is 0 Å². The topological polar surface area (TPSA) is 44.6 Å². The van der Waals surface area contributed by atoms with E-state index in [1.54, 1.807) is 12.1 Å². The fourth-order valence-electron chi connectivity index (χ4n) is 6.63. The molecule has 1 atom stereocenters. The van der Waals surface area contributed by atoms with Crippen molar-refractivity contribution in [3.8, 4) is 0 Å². The highest BCUT2D eigenvalue weighted by Crippen LogP contribution is 2.45. The van der Waals surface area contributed by atoms with E-state index in [1.807, 2.05) is 17.9 Å². The Bertz CT molecular complexity index is 1350. The second-order valence-corrected chi connectivity index (χ2v) is 11.7. The zero-order chi connectivity index (χ0) is 26.0. The van der Waals surface area contributed by atoms with Crippen molar-refractivity contribution < 1.29 is 9.18 Å². The van der Waals surface area contributed by atoms with Gasteiger partial charge < -0.3 is 9.80 Å². The van der Waals surface area contributed by atoms with Crippen molar-refractivity contribution in [3.05, 3.63) is 76.9 Å². The average Bonchev–Trinajstić information content (AvgIpc) is 3.86. The van der Waals surface area contributed by atoms with Crippen LogP contribution in [0.2, 0.25) is 0 Å². The molecule has 0 spiro atoms. The van der Waals surface area contributed by atoms with Crippen molar-refractivity contribution in [2.75, 3.05) is 22.9 Å². The van der Waals surface area contributed by atoms with Gasteiger partial charge in [-0.15, -0.1) is 0 Å². The van der Waals surface area contributed by atoms with Gasteiger partial charge in [0.2, 0.25) is 0 Å². The molecule has 7 heteroatoms. The minimum Gasteiger partial charge on any atom is -0.369 e. The van der Waals surface area contributed by atoms with Crippen LogP contribution < -0.4 is 9.80 Å². The number of fused-ring (bicyclic) bond motifs is 1. The first-order valence-electron chi connectivity index (χ1n) is 14.3. The largest absolute Gasteiger partial charge is 0.369 e. The lowest BCUT2D eigenvalue weighted by atomic mass is 9.97. The molecule has 0 radical (unpaired) electrons. The van der Waals surface area contributed by atoms with Crippen molar-refractivity contribution in [1.82, 2.24) is 14.7 Å². The summed E-state index contributed by atoms with van der Waals surface area (Å²) in [6.07, 6.45) is 8.53. The Morgan fingerprint density at radius 2 is 1.71 bits per heavy atom. The molecule has 4 aliphatic rings. The zero-order valence-electron chi connectivity index (χ0n) is 22.3. The summed E-state index contributed by atoms with van der Waals surface area (Å²) in [5.74, 6) is 0.461. The quantitative estimate of drug-likeness (QED) is 0.368. The molecule has 0 unspecified atom stereocenters. The molecule has 3 fully saturated rings. The number of amides is 2. The molecule has 3 aromatic rings. The van der Waals surface area contributed by atoms with Crippen molar-refractivity contribution in [2.45, 2.75) is 83.0 Å². The lowest BCUT2D eigenvalue weighted by Crippen LogP contribution is -2.55. The first-order valence-corrected chi connectivity index (χ1v) is 14.3. The number of carbonyl (C=O) groups is 1. The van der Waals surface area contributed by atoms with Gasteiger partial charge in [0.05, 0.1) is 30.0 Å². The van der Waals surface area contributed by atoms with Crippen LogP contribution in [0.3, 0.4) is 0 Å². The number of nitrogens with zero attached hydrogens (tertiary/aromatic N) is 5. The predicted molar refractivity (Wildman–Crippen MR) is 147 cm³/mol. The van der Waals surface area contributed by atoms with Crippen LogP contribution in [0.25, 0.3) is 0 Å². The van der Waals surface area contributed by atoms with Gasteiger partial charge in [-0.05, 0) is 81.0 Å². The minimum absolute atomic E-state index is 0.0754. The highest BCUT2D eigenvalue weighted by Gasteiger charge is 2.43. The summed E-state index contributed by atoms with van der Waals surface area (Å²) in [6, 6.07) is 14.5. The van der Waals surface area contributed by atoms with Gasteiger partial charge in [-0.2, -0.15) is 5.10 Å². The maximum absolute atomic E-state index is 14.7. The van der Waals surface area contributed by atoms with Crippen LogP contribution in [0.1, 0.15) is 85.8 Å². The number of urea groups is 1. The first kappa shape index (κ1) is 23.7. The summed E-state index contributed by atoms with van der Waals surface area (Å²) in [6.45, 7) is 6.14. The van der Waals surface area contributed by atoms with E-state index < -0.39 is 0 Å². The third kappa shape index (κ3) is 4.07. The number of carbonyl (C=O) groups excluding carboxylic acids is 1. The van der Waals surface area contributed by atoms with E-state index in [2.05, 4.69) is 51.9 Å². The summed E-state index contributed by atoms with van der Waals surface area (Å²) in [5.41, 5.74) is 6.26. The van der Waals surface area contributed by atoms with Crippen LogP contribution in [-0.4, -0.2) is 39.8 Å². The molecule has 2 aliphatic heterocycles. The monoisotopic (exact) mass is 513 g/mol. The normalized spacial score (nSPS) is 22.2. The maximum Gasteiger partial charge on any atom is 0.325 e. The average molecular weight is 514 g/mol. The molecule has 1 aromatic heterocycles. The Kier molecular flexibility index (Phi) is 5.71. The van der Waals surface area contributed by atoms with E-state index in [9.17, 15) is 9.18 Å². The van der Waals surface area contributed by atoms with Crippen LogP contribution in [0.4, 0.5) is 20.6 Å². The number of anilines is 2. The van der Waals surface area contributed by atoms with E-state index in [4.69, 9.17) is 5.10 Å². The van der Waals surface area contributed by atoms with Crippen LogP contribution in [0, 0.1) is 12.7 Å². The molecular weight excluding hydrogens is 477 g/mol.